The fourth-order valence-corrected chi connectivity index (χ4v) is 1.55. The van der Waals surface area contributed by atoms with Crippen molar-refractivity contribution in [2.24, 2.45) is 0 Å². The highest BCUT2D eigenvalue weighted by Gasteiger charge is 2.16. The van der Waals surface area contributed by atoms with Gasteiger partial charge in [-0.3, -0.25) is 4.79 Å². The van der Waals surface area contributed by atoms with E-state index in [1.165, 1.54) is 0 Å². The van der Waals surface area contributed by atoms with Gasteiger partial charge in [0.25, 0.3) is 0 Å². The summed E-state index contributed by atoms with van der Waals surface area (Å²) in [4.78, 5) is 23.1. The number of nitrogens with one attached hydrogen (secondary N) is 2. The third-order valence-corrected chi connectivity index (χ3v) is 2.65. The van der Waals surface area contributed by atoms with Crippen molar-refractivity contribution in [1.82, 2.24) is 15.8 Å². The van der Waals surface area contributed by atoms with Crippen molar-refractivity contribution in [3.05, 3.63) is 17.5 Å². The molecule has 1 rings (SSSR count). The second kappa shape index (κ2) is 7.82. The highest BCUT2D eigenvalue weighted by atomic mass is 16.6. The molecular weight excluding hydrogens is 286 g/mol. The number of hydrogen-bond donors (Lipinski definition) is 2. The molecule has 22 heavy (non-hydrogen) atoms. The normalized spacial score (nSPS) is 11.4. The van der Waals surface area contributed by atoms with Crippen LogP contribution in [-0.4, -0.2) is 29.3 Å². The maximum absolute atomic E-state index is 11.7. The van der Waals surface area contributed by atoms with Crippen molar-refractivity contribution in [2.45, 2.75) is 59.1 Å². The Kier molecular flexibility index (Phi) is 6.39. The zero-order valence-electron chi connectivity index (χ0n) is 13.9. The molecule has 0 fully saturated rings. The van der Waals surface area contributed by atoms with Gasteiger partial charge >= 0.3 is 6.09 Å². The minimum Gasteiger partial charge on any atom is -0.444 e. The first kappa shape index (κ1) is 18.0. The van der Waals surface area contributed by atoms with E-state index in [-0.39, 0.29) is 31.3 Å². The van der Waals surface area contributed by atoms with E-state index in [1.807, 2.05) is 19.9 Å². The molecule has 1 aromatic heterocycles. The molecule has 0 atom stereocenters. The van der Waals surface area contributed by atoms with Crippen LogP contribution < -0.4 is 10.6 Å². The van der Waals surface area contributed by atoms with Gasteiger partial charge in [-0.1, -0.05) is 19.0 Å². The Balaban J connectivity index is 2.22. The monoisotopic (exact) mass is 311 g/mol. The molecule has 0 aromatic carbocycles. The van der Waals surface area contributed by atoms with Gasteiger partial charge in [0.2, 0.25) is 5.91 Å². The van der Waals surface area contributed by atoms with Crippen molar-refractivity contribution < 1.29 is 18.8 Å². The first-order chi connectivity index (χ1) is 10.2. The molecule has 0 saturated heterocycles. The first-order valence-corrected chi connectivity index (χ1v) is 7.36. The lowest BCUT2D eigenvalue weighted by Gasteiger charge is -2.19. The number of amides is 2. The highest BCUT2D eigenvalue weighted by Crippen LogP contribution is 2.13. The zero-order valence-corrected chi connectivity index (χ0v) is 13.9. The minimum atomic E-state index is -0.549. The quantitative estimate of drug-likeness (QED) is 0.841. The largest absolute Gasteiger partial charge is 0.444 e. The predicted octanol–water partition coefficient (Wildman–Crippen LogP) is 2.33. The van der Waals surface area contributed by atoms with Crippen LogP contribution in [0.3, 0.4) is 0 Å². The van der Waals surface area contributed by atoms with E-state index in [0.29, 0.717) is 5.76 Å². The summed E-state index contributed by atoms with van der Waals surface area (Å²) >= 11 is 0. The highest BCUT2D eigenvalue weighted by molar-refractivity contribution is 5.76. The number of hydrogen-bond acceptors (Lipinski definition) is 5. The lowest BCUT2D eigenvalue weighted by Crippen LogP contribution is -2.35. The molecule has 0 radical (unpaired) electrons. The third-order valence-electron chi connectivity index (χ3n) is 2.65. The minimum absolute atomic E-state index is 0.171. The molecule has 0 saturated carbocycles. The lowest BCUT2D eigenvalue weighted by atomic mass is 10.1. The van der Waals surface area contributed by atoms with Gasteiger partial charge in [-0.25, -0.2) is 4.79 Å². The van der Waals surface area contributed by atoms with Crippen LogP contribution >= 0.6 is 0 Å². The van der Waals surface area contributed by atoms with Crippen LogP contribution in [0.5, 0.6) is 0 Å². The van der Waals surface area contributed by atoms with Crippen LogP contribution in [0.25, 0.3) is 0 Å². The summed E-state index contributed by atoms with van der Waals surface area (Å²) in [6, 6.07) is 1.82. The van der Waals surface area contributed by atoms with Gasteiger partial charge in [0, 0.05) is 19.0 Å². The van der Waals surface area contributed by atoms with Crippen LogP contribution in [0.2, 0.25) is 0 Å². The molecule has 7 nitrogen and oxygen atoms in total. The molecule has 0 bridgehead atoms. The van der Waals surface area contributed by atoms with E-state index in [1.54, 1.807) is 20.8 Å². The summed E-state index contributed by atoms with van der Waals surface area (Å²) in [5, 5.41) is 9.15. The molecule has 0 aliphatic carbocycles. The molecule has 1 aromatic rings. The smallest absolute Gasteiger partial charge is 0.407 e. The molecule has 1 heterocycles. The van der Waals surface area contributed by atoms with Crippen molar-refractivity contribution >= 4 is 12.0 Å². The van der Waals surface area contributed by atoms with Gasteiger partial charge in [-0.15, -0.1) is 0 Å². The SMILES string of the molecule is CC(C)c1cc(CNC(=O)CCNC(=O)OC(C)(C)C)on1. The summed E-state index contributed by atoms with van der Waals surface area (Å²) in [7, 11) is 0. The molecule has 0 unspecified atom stereocenters. The summed E-state index contributed by atoms with van der Waals surface area (Å²) < 4.78 is 10.2. The Bertz CT molecular complexity index is 503. The zero-order chi connectivity index (χ0) is 16.8. The fourth-order valence-electron chi connectivity index (χ4n) is 1.55. The van der Waals surface area contributed by atoms with Gasteiger partial charge < -0.3 is 19.9 Å². The van der Waals surface area contributed by atoms with Gasteiger partial charge in [0.1, 0.15) is 5.60 Å². The third kappa shape index (κ3) is 7.10. The Morgan fingerprint density at radius 3 is 2.55 bits per heavy atom. The Morgan fingerprint density at radius 1 is 1.32 bits per heavy atom. The molecule has 7 heteroatoms. The number of ether oxygens (including phenoxy) is 1. The molecule has 0 spiro atoms. The maximum Gasteiger partial charge on any atom is 0.407 e. The fraction of sp³-hybridized carbons (Fsp3) is 0.667. The lowest BCUT2D eigenvalue weighted by molar-refractivity contribution is -0.121. The molecule has 0 aliphatic rings. The first-order valence-electron chi connectivity index (χ1n) is 7.36. The number of alkyl carbamates (subject to hydrolysis) is 1. The molecule has 0 aliphatic heterocycles. The maximum atomic E-state index is 11.7. The summed E-state index contributed by atoms with van der Waals surface area (Å²) in [5.41, 5.74) is 0.308. The van der Waals surface area contributed by atoms with Crippen molar-refractivity contribution in [2.75, 3.05) is 6.54 Å². The standard InChI is InChI=1S/C15H25N3O4/c1-10(2)12-8-11(22-18-12)9-17-13(19)6-7-16-14(20)21-15(3,4)5/h8,10H,6-7,9H2,1-5H3,(H,16,20)(H,17,19). The van der Waals surface area contributed by atoms with Crippen molar-refractivity contribution in [3.8, 4) is 0 Å². The number of rotatable bonds is 6. The van der Waals surface area contributed by atoms with Gasteiger partial charge in [0.15, 0.2) is 5.76 Å². The number of nitrogens with zero attached hydrogens (tertiary/aromatic N) is 1. The van der Waals surface area contributed by atoms with Crippen molar-refractivity contribution in [1.29, 1.82) is 0 Å². The van der Waals surface area contributed by atoms with E-state index in [9.17, 15) is 9.59 Å². The predicted molar refractivity (Wildman–Crippen MR) is 81.3 cm³/mol. The topological polar surface area (TPSA) is 93.5 Å². The average molecular weight is 311 g/mol. The second-order valence-corrected chi connectivity index (χ2v) is 6.33. The van der Waals surface area contributed by atoms with Gasteiger partial charge in [-0.05, 0) is 26.7 Å². The van der Waals surface area contributed by atoms with Crippen LogP contribution in [0.4, 0.5) is 4.79 Å². The van der Waals surface area contributed by atoms with Gasteiger partial charge in [0.05, 0.1) is 12.2 Å². The summed E-state index contributed by atoms with van der Waals surface area (Å²) in [6.45, 7) is 9.87. The molecular formula is C15H25N3O4. The molecule has 124 valence electrons. The summed E-state index contributed by atoms with van der Waals surface area (Å²) in [6.07, 6.45) is -0.359. The van der Waals surface area contributed by atoms with Gasteiger partial charge in [-0.2, -0.15) is 0 Å². The Labute approximate surface area is 130 Å². The van der Waals surface area contributed by atoms with E-state index < -0.39 is 11.7 Å². The Morgan fingerprint density at radius 2 is 2.00 bits per heavy atom. The molecule has 2 N–H and O–H groups in total. The van der Waals surface area contributed by atoms with Crippen LogP contribution in [0.1, 0.15) is 58.4 Å². The molecule has 2 amide bonds. The second-order valence-electron chi connectivity index (χ2n) is 6.33. The van der Waals surface area contributed by atoms with E-state index in [2.05, 4.69) is 15.8 Å². The van der Waals surface area contributed by atoms with E-state index in [4.69, 9.17) is 9.26 Å². The van der Waals surface area contributed by atoms with E-state index >= 15 is 0 Å². The summed E-state index contributed by atoms with van der Waals surface area (Å²) in [5.74, 6) is 0.710. The van der Waals surface area contributed by atoms with Crippen LogP contribution in [0.15, 0.2) is 10.6 Å². The van der Waals surface area contributed by atoms with Crippen molar-refractivity contribution in [3.63, 3.8) is 0 Å². The number of carbonyl (C=O) groups is 2. The van der Waals surface area contributed by atoms with Crippen LogP contribution in [-0.2, 0) is 16.1 Å². The van der Waals surface area contributed by atoms with E-state index in [0.717, 1.165) is 5.69 Å². The Hall–Kier alpha value is -2.05. The number of carbonyl (C=O) groups excluding carboxylic acids is 2. The average Bonchev–Trinajstić information content (AvgIpc) is 2.83. The number of aromatic nitrogens is 1. The van der Waals surface area contributed by atoms with Crippen LogP contribution in [0, 0.1) is 0 Å².